The molecule has 3 rings (SSSR count). The van der Waals surface area contributed by atoms with Gasteiger partial charge in [0.2, 0.25) is 0 Å². The van der Waals surface area contributed by atoms with E-state index in [0.717, 1.165) is 70.5 Å². The first kappa shape index (κ1) is 18.3. The number of hydrogen-bond acceptors (Lipinski definition) is 4. The molecule has 5 nitrogen and oxygen atoms in total. The van der Waals surface area contributed by atoms with Crippen molar-refractivity contribution in [2.45, 2.75) is 58.5 Å². The number of aliphatic carboxylic acids is 1. The molecule has 2 aliphatic heterocycles. The maximum absolute atomic E-state index is 11.6. The van der Waals surface area contributed by atoms with E-state index in [1.807, 2.05) is 6.20 Å². The van der Waals surface area contributed by atoms with E-state index in [9.17, 15) is 9.90 Å². The molecule has 1 aromatic rings. The van der Waals surface area contributed by atoms with Crippen LogP contribution in [0.4, 0.5) is 0 Å². The number of nitrogens with zero attached hydrogens (tertiary/aromatic N) is 3. The van der Waals surface area contributed by atoms with Crippen molar-refractivity contribution in [3.8, 4) is 0 Å². The molecule has 1 spiro atoms. The van der Waals surface area contributed by atoms with Crippen molar-refractivity contribution in [1.29, 1.82) is 0 Å². The minimum atomic E-state index is -0.645. The van der Waals surface area contributed by atoms with Crippen molar-refractivity contribution in [2.75, 3.05) is 26.2 Å². The number of pyridine rings is 1. The zero-order chi connectivity index (χ0) is 17.9. The van der Waals surface area contributed by atoms with Crippen molar-refractivity contribution in [2.24, 2.45) is 5.41 Å². The van der Waals surface area contributed by atoms with E-state index in [2.05, 4.69) is 40.8 Å². The molecule has 1 N–H and O–H groups in total. The summed E-state index contributed by atoms with van der Waals surface area (Å²) in [5.41, 5.74) is 2.62. The number of carboxylic acids is 1. The highest BCUT2D eigenvalue weighted by molar-refractivity contribution is 5.74. The number of hydrogen-bond donors (Lipinski definition) is 1. The summed E-state index contributed by atoms with van der Waals surface area (Å²) in [6, 6.07) is 4.03. The summed E-state index contributed by atoms with van der Waals surface area (Å²) >= 11 is 0. The lowest BCUT2D eigenvalue weighted by Gasteiger charge is -2.39. The average molecular weight is 345 g/mol. The van der Waals surface area contributed by atoms with E-state index in [0.29, 0.717) is 0 Å². The highest BCUT2D eigenvalue weighted by Crippen LogP contribution is 2.43. The minimum absolute atomic E-state index is 0.203. The van der Waals surface area contributed by atoms with Gasteiger partial charge in [-0.3, -0.25) is 19.6 Å². The van der Waals surface area contributed by atoms with Crippen LogP contribution in [-0.4, -0.2) is 58.1 Å². The Hall–Kier alpha value is -1.46. The molecule has 2 fully saturated rings. The van der Waals surface area contributed by atoms with Crippen LogP contribution in [0.1, 0.15) is 50.8 Å². The van der Waals surface area contributed by atoms with Crippen LogP contribution in [-0.2, 0) is 17.8 Å². The van der Waals surface area contributed by atoms with Gasteiger partial charge >= 0.3 is 5.97 Å². The summed E-state index contributed by atoms with van der Waals surface area (Å²) in [4.78, 5) is 20.9. The molecule has 0 unspecified atom stereocenters. The molecule has 1 atom stereocenters. The maximum atomic E-state index is 11.6. The fourth-order valence-corrected chi connectivity index (χ4v) is 4.45. The van der Waals surface area contributed by atoms with Gasteiger partial charge in [0.05, 0.1) is 5.69 Å². The van der Waals surface area contributed by atoms with Gasteiger partial charge in [0.15, 0.2) is 0 Å². The first-order valence-electron chi connectivity index (χ1n) is 9.68. The number of aromatic nitrogens is 1. The first-order valence-corrected chi connectivity index (χ1v) is 9.68. The third-order valence-corrected chi connectivity index (χ3v) is 6.00. The fourth-order valence-electron chi connectivity index (χ4n) is 4.45. The van der Waals surface area contributed by atoms with E-state index >= 15 is 0 Å². The van der Waals surface area contributed by atoms with Crippen LogP contribution >= 0.6 is 0 Å². The third-order valence-electron chi connectivity index (χ3n) is 6.00. The largest absolute Gasteiger partial charge is 0.480 e. The molecule has 25 heavy (non-hydrogen) atoms. The van der Waals surface area contributed by atoms with Gasteiger partial charge in [0.1, 0.15) is 6.04 Å². The standard InChI is InChI=1S/C20H31N3O2/c1-3-9-23-15-20(12-18(23)19(24)25)7-10-22(11-8-20)14-17-6-5-16(4-2)13-21-17/h5-6,13,18H,3-4,7-12,14-15H2,1-2H3,(H,24,25)/t18-/m0/s1. The predicted molar refractivity (Wildman–Crippen MR) is 98.5 cm³/mol. The molecular formula is C20H31N3O2. The highest BCUT2D eigenvalue weighted by Gasteiger charge is 2.47. The molecular weight excluding hydrogens is 314 g/mol. The maximum Gasteiger partial charge on any atom is 0.320 e. The lowest BCUT2D eigenvalue weighted by Crippen LogP contribution is -2.41. The summed E-state index contributed by atoms with van der Waals surface area (Å²) in [5.74, 6) is -0.645. The normalized spacial score (nSPS) is 24.0. The number of rotatable bonds is 6. The lowest BCUT2D eigenvalue weighted by atomic mass is 9.76. The van der Waals surface area contributed by atoms with Crippen molar-refractivity contribution in [1.82, 2.24) is 14.8 Å². The smallest absolute Gasteiger partial charge is 0.320 e. The summed E-state index contributed by atoms with van der Waals surface area (Å²) in [5, 5.41) is 9.55. The van der Waals surface area contributed by atoms with E-state index < -0.39 is 5.97 Å². The molecule has 0 radical (unpaired) electrons. The fraction of sp³-hybridized carbons (Fsp3) is 0.700. The topological polar surface area (TPSA) is 56.7 Å². The van der Waals surface area contributed by atoms with Crippen LogP contribution in [0.2, 0.25) is 0 Å². The summed E-state index contributed by atoms with van der Waals surface area (Å²) in [6.45, 7) is 9.12. The molecule has 5 heteroatoms. The predicted octanol–water partition coefficient (Wildman–Crippen LogP) is 2.80. The highest BCUT2D eigenvalue weighted by atomic mass is 16.4. The van der Waals surface area contributed by atoms with Gasteiger partial charge in [-0.15, -0.1) is 0 Å². The number of carboxylic acid groups (broad SMARTS) is 1. The molecule has 2 aliphatic rings. The Labute approximate surface area is 151 Å². The molecule has 0 aliphatic carbocycles. The molecule has 0 bridgehead atoms. The van der Waals surface area contributed by atoms with Crippen molar-refractivity contribution < 1.29 is 9.90 Å². The SMILES string of the molecule is CCCN1CC2(CCN(Cc3ccc(CC)cn3)CC2)C[C@H]1C(=O)O. The second-order valence-corrected chi connectivity index (χ2v) is 7.82. The Morgan fingerprint density at radius 2 is 2.08 bits per heavy atom. The average Bonchev–Trinajstić information content (AvgIpc) is 2.97. The Morgan fingerprint density at radius 1 is 1.32 bits per heavy atom. The molecule has 2 saturated heterocycles. The van der Waals surface area contributed by atoms with Crippen molar-refractivity contribution in [3.63, 3.8) is 0 Å². The number of likely N-dealkylation sites (tertiary alicyclic amines) is 2. The number of carbonyl (C=O) groups is 1. The second kappa shape index (κ2) is 7.83. The van der Waals surface area contributed by atoms with Gasteiger partial charge in [0, 0.05) is 19.3 Å². The van der Waals surface area contributed by atoms with Crippen LogP contribution < -0.4 is 0 Å². The Kier molecular flexibility index (Phi) is 5.74. The second-order valence-electron chi connectivity index (χ2n) is 7.82. The van der Waals surface area contributed by atoms with Crippen molar-refractivity contribution >= 4 is 5.97 Å². The lowest BCUT2D eigenvalue weighted by molar-refractivity contribution is -0.142. The van der Waals surface area contributed by atoms with Crippen LogP contribution in [0.5, 0.6) is 0 Å². The first-order chi connectivity index (χ1) is 12.0. The van der Waals surface area contributed by atoms with Gasteiger partial charge < -0.3 is 5.11 Å². The molecule has 1 aromatic heterocycles. The van der Waals surface area contributed by atoms with E-state index in [1.54, 1.807) is 0 Å². The van der Waals surface area contributed by atoms with Gasteiger partial charge in [-0.1, -0.05) is 19.9 Å². The van der Waals surface area contributed by atoms with Crippen LogP contribution in [0, 0.1) is 5.41 Å². The minimum Gasteiger partial charge on any atom is -0.480 e. The molecule has 3 heterocycles. The Morgan fingerprint density at radius 3 is 2.64 bits per heavy atom. The quantitative estimate of drug-likeness (QED) is 0.859. The molecule has 0 aromatic carbocycles. The molecule has 0 amide bonds. The van der Waals surface area contributed by atoms with Gasteiger partial charge in [-0.25, -0.2) is 0 Å². The zero-order valence-electron chi connectivity index (χ0n) is 15.6. The van der Waals surface area contributed by atoms with Crippen LogP contribution in [0.15, 0.2) is 18.3 Å². The third kappa shape index (κ3) is 4.21. The summed E-state index contributed by atoms with van der Waals surface area (Å²) in [6.07, 6.45) is 7.05. The van der Waals surface area contributed by atoms with Crippen LogP contribution in [0.3, 0.4) is 0 Å². The van der Waals surface area contributed by atoms with E-state index in [-0.39, 0.29) is 11.5 Å². The summed E-state index contributed by atoms with van der Waals surface area (Å²) in [7, 11) is 0. The molecule has 0 saturated carbocycles. The van der Waals surface area contributed by atoms with E-state index in [4.69, 9.17) is 0 Å². The van der Waals surface area contributed by atoms with Gasteiger partial charge in [-0.05, 0) is 68.8 Å². The van der Waals surface area contributed by atoms with E-state index in [1.165, 1.54) is 5.56 Å². The number of piperidine rings is 1. The Balaban J connectivity index is 1.56. The number of aryl methyl sites for hydroxylation is 1. The van der Waals surface area contributed by atoms with Gasteiger partial charge in [0.25, 0.3) is 0 Å². The van der Waals surface area contributed by atoms with Crippen molar-refractivity contribution in [3.05, 3.63) is 29.6 Å². The summed E-state index contributed by atoms with van der Waals surface area (Å²) < 4.78 is 0. The monoisotopic (exact) mass is 345 g/mol. The van der Waals surface area contributed by atoms with Gasteiger partial charge in [-0.2, -0.15) is 0 Å². The zero-order valence-corrected chi connectivity index (χ0v) is 15.6. The Bertz CT molecular complexity index is 579. The molecule has 138 valence electrons. The van der Waals surface area contributed by atoms with Crippen LogP contribution in [0.25, 0.3) is 0 Å².